The number of halogens is 2. The van der Waals surface area contributed by atoms with E-state index in [1.165, 1.54) is 12.1 Å². The van der Waals surface area contributed by atoms with Crippen molar-refractivity contribution in [3.05, 3.63) is 27.7 Å². The first-order valence-corrected chi connectivity index (χ1v) is 9.11. The van der Waals surface area contributed by atoms with E-state index in [4.69, 9.17) is 28.9 Å². The molecule has 0 aliphatic carbocycles. The second kappa shape index (κ2) is 7.79. The van der Waals surface area contributed by atoms with Gasteiger partial charge in [0, 0.05) is 17.6 Å². The lowest BCUT2D eigenvalue weighted by Crippen LogP contribution is -2.33. The number of hydrogen-bond donors (Lipinski definition) is 2. The second-order valence-electron chi connectivity index (χ2n) is 5.57. The minimum Gasteiger partial charge on any atom is -0.326 e. The van der Waals surface area contributed by atoms with Crippen LogP contribution in [0.4, 0.5) is 0 Å². The fourth-order valence-electron chi connectivity index (χ4n) is 1.90. The third-order valence-electron chi connectivity index (χ3n) is 3.14. The largest absolute Gasteiger partial charge is 0.326 e. The highest BCUT2D eigenvalue weighted by atomic mass is 35.5. The van der Waals surface area contributed by atoms with E-state index < -0.39 is 10.0 Å². The maximum absolute atomic E-state index is 12.4. The lowest BCUT2D eigenvalue weighted by atomic mass is 10.1. The molecule has 1 rings (SSSR count). The highest BCUT2D eigenvalue weighted by Gasteiger charge is 2.22. The maximum atomic E-state index is 12.4. The van der Waals surface area contributed by atoms with E-state index in [0.29, 0.717) is 16.5 Å². The van der Waals surface area contributed by atoms with Gasteiger partial charge >= 0.3 is 0 Å². The normalized spacial score (nSPS) is 13.7. The van der Waals surface area contributed by atoms with Crippen molar-refractivity contribution in [3.63, 3.8) is 0 Å². The summed E-state index contributed by atoms with van der Waals surface area (Å²) in [6, 6.07) is 2.69. The van der Waals surface area contributed by atoms with Gasteiger partial charge in [-0.2, -0.15) is 0 Å². The van der Waals surface area contributed by atoms with Crippen LogP contribution in [0.5, 0.6) is 0 Å². The Morgan fingerprint density at radius 1 is 1.14 bits per heavy atom. The van der Waals surface area contributed by atoms with Gasteiger partial charge in [0.25, 0.3) is 0 Å². The minimum atomic E-state index is -3.68. The summed E-state index contributed by atoms with van der Waals surface area (Å²) in [4.78, 5) is 0.0189. The number of sulfonamides is 1. The van der Waals surface area contributed by atoms with Crippen molar-refractivity contribution in [2.45, 2.75) is 51.1 Å². The van der Waals surface area contributed by atoms with Crippen molar-refractivity contribution >= 4 is 33.2 Å². The molecule has 0 bridgehead atoms. The quantitative estimate of drug-likeness (QED) is 0.787. The van der Waals surface area contributed by atoms with Gasteiger partial charge in [0.05, 0.1) is 5.02 Å². The van der Waals surface area contributed by atoms with Gasteiger partial charge in [0.1, 0.15) is 4.90 Å². The fourth-order valence-corrected chi connectivity index (χ4v) is 4.06. The zero-order chi connectivity index (χ0) is 16.2. The Balaban J connectivity index is 2.97. The zero-order valence-corrected chi connectivity index (χ0v) is 14.8. The summed E-state index contributed by atoms with van der Waals surface area (Å²) in [5.41, 5.74) is 6.10. The second-order valence-corrected chi connectivity index (χ2v) is 8.07. The van der Waals surface area contributed by atoms with Crippen LogP contribution in [-0.4, -0.2) is 14.5 Å². The molecule has 3 N–H and O–H groups in total. The van der Waals surface area contributed by atoms with E-state index in [9.17, 15) is 8.42 Å². The summed E-state index contributed by atoms with van der Waals surface area (Å²) in [6.07, 6.45) is 1.72. The molecule has 0 aliphatic rings. The van der Waals surface area contributed by atoms with Crippen LogP contribution in [0.3, 0.4) is 0 Å². The standard InChI is InChI=1S/C14H22Cl2N2O2S/c1-9(2)4-5-10(3)18-21(19,20)14-6-11(8-17)12(15)7-13(14)16/h6-7,9-10,18H,4-5,8,17H2,1-3H3. The topological polar surface area (TPSA) is 72.2 Å². The van der Waals surface area contributed by atoms with E-state index in [2.05, 4.69) is 18.6 Å². The fraction of sp³-hybridized carbons (Fsp3) is 0.571. The van der Waals surface area contributed by atoms with Crippen molar-refractivity contribution < 1.29 is 8.42 Å². The first-order valence-electron chi connectivity index (χ1n) is 6.87. The first kappa shape index (κ1) is 18.7. The van der Waals surface area contributed by atoms with Gasteiger partial charge in [-0.1, -0.05) is 37.0 Å². The van der Waals surface area contributed by atoms with Crippen LogP contribution in [0.1, 0.15) is 39.2 Å². The van der Waals surface area contributed by atoms with Crippen LogP contribution in [0.25, 0.3) is 0 Å². The van der Waals surface area contributed by atoms with Gasteiger partial charge in [0.15, 0.2) is 0 Å². The Morgan fingerprint density at radius 3 is 2.29 bits per heavy atom. The molecule has 0 spiro atoms. The Hall–Kier alpha value is -0.330. The Bertz CT molecular complexity index is 589. The minimum absolute atomic E-state index is 0.0189. The van der Waals surface area contributed by atoms with Gasteiger partial charge in [0.2, 0.25) is 10.0 Å². The third-order valence-corrected chi connectivity index (χ3v) is 5.55. The zero-order valence-electron chi connectivity index (χ0n) is 12.5. The molecule has 0 aliphatic heterocycles. The van der Waals surface area contributed by atoms with E-state index in [1.54, 1.807) is 0 Å². The molecular formula is C14H22Cl2N2O2S. The van der Waals surface area contributed by atoms with Crippen molar-refractivity contribution in [1.29, 1.82) is 0 Å². The molecule has 1 unspecified atom stereocenters. The molecule has 1 atom stereocenters. The molecule has 4 nitrogen and oxygen atoms in total. The number of nitrogens with two attached hydrogens (primary N) is 1. The van der Waals surface area contributed by atoms with E-state index >= 15 is 0 Å². The Labute approximate surface area is 137 Å². The average molecular weight is 353 g/mol. The SMILES string of the molecule is CC(C)CCC(C)NS(=O)(=O)c1cc(CN)c(Cl)cc1Cl. The summed E-state index contributed by atoms with van der Waals surface area (Å²) in [7, 11) is -3.68. The van der Waals surface area contributed by atoms with Crippen LogP contribution in [0.2, 0.25) is 10.0 Å². The lowest BCUT2D eigenvalue weighted by molar-refractivity contribution is 0.485. The highest BCUT2D eigenvalue weighted by molar-refractivity contribution is 7.89. The van der Waals surface area contributed by atoms with E-state index in [-0.39, 0.29) is 22.5 Å². The predicted octanol–water partition coefficient (Wildman–Crippen LogP) is 3.56. The van der Waals surface area contributed by atoms with Crippen LogP contribution < -0.4 is 10.5 Å². The van der Waals surface area contributed by atoms with Gasteiger partial charge in [-0.3, -0.25) is 0 Å². The van der Waals surface area contributed by atoms with Crippen LogP contribution >= 0.6 is 23.2 Å². The van der Waals surface area contributed by atoms with Gasteiger partial charge in [-0.15, -0.1) is 0 Å². The molecule has 21 heavy (non-hydrogen) atoms. The summed E-state index contributed by atoms with van der Waals surface area (Å²) < 4.78 is 27.5. The Morgan fingerprint density at radius 2 is 1.76 bits per heavy atom. The molecule has 0 saturated heterocycles. The Kier molecular flexibility index (Phi) is 6.94. The lowest BCUT2D eigenvalue weighted by Gasteiger charge is -2.16. The average Bonchev–Trinajstić information content (AvgIpc) is 2.35. The van der Waals surface area contributed by atoms with Crippen LogP contribution in [-0.2, 0) is 16.6 Å². The van der Waals surface area contributed by atoms with E-state index in [0.717, 1.165) is 12.8 Å². The number of nitrogens with one attached hydrogen (secondary N) is 1. The summed E-state index contributed by atoms with van der Waals surface area (Å²) in [5, 5.41) is 0.468. The third kappa shape index (κ3) is 5.42. The molecule has 7 heteroatoms. The van der Waals surface area contributed by atoms with Gasteiger partial charge in [-0.05, 0) is 43.4 Å². The number of hydrogen-bond acceptors (Lipinski definition) is 3. The van der Waals surface area contributed by atoms with Crippen molar-refractivity contribution in [2.75, 3.05) is 0 Å². The molecule has 120 valence electrons. The summed E-state index contributed by atoms with van der Waals surface area (Å²) in [6.45, 7) is 6.20. The van der Waals surface area contributed by atoms with Crippen molar-refractivity contribution in [3.8, 4) is 0 Å². The van der Waals surface area contributed by atoms with Crippen LogP contribution in [0, 0.1) is 5.92 Å². The maximum Gasteiger partial charge on any atom is 0.242 e. The molecule has 0 fully saturated rings. The number of benzene rings is 1. The monoisotopic (exact) mass is 352 g/mol. The van der Waals surface area contributed by atoms with Gasteiger partial charge < -0.3 is 5.73 Å². The summed E-state index contributed by atoms with van der Waals surface area (Å²) in [5.74, 6) is 0.528. The molecule has 0 radical (unpaired) electrons. The van der Waals surface area contributed by atoms with Crippen molar-refractivity contribution in [2.24, 2.45) is 11.7 Å². The molecule has 0 heterocycles. The smallest absolute Gasteiger partial charge is 0.242 e. The van der Waals surface area contributed by atoms with Crippen LogP contribution in [0.15, 0.2) is 17.0 Å². The molecule has 1 aromatic rings. The van der Waals surface area contributed by atoms with Gasteiger partial charge in [-0.25, -0.2) is 13.1 Å². The summed E-state index contributed by atoms with van der Waals surface area (Å²) >= 11 is 12.0. The predicted molar refractivity (Wildman–Crippen MR) is 88.2 cm³/mol. The first-order chi connectivity index (χ1) is 9.67. The number of rotatable bonds is 7. The molecular weight excluding hydrogens is 331 g/mol. The van der Waals surface area contributed by atoms with Crippen molar-refractivity contribution in [1.82, 2.24) is 4.72 Å². The highest BCUT2D eigenvalue weighted by Crippen LogP contribution is 2.28. The molecule has 0 amide bonds. The molecule has 0 saturated carbocycles. The van der Waals surface area contributed by atoms with E-state index in [1.807, 2.05) is 6.92 Å². The molecule has 1 aromatic carbocycles. The molecule has 0 aromatic heterocycles.